The summed E-state index contributed by atoms with van der Waals surface area (Å²) in [5.74, 6) is 0. The first-order valence-electron chi connectivity index (χ1n) is 7.60. The van der Waals surface area contributed by atoms with Crippen molar-refractivity contribution in [2.75, 3.05) is 19.6 Å². The Balaban J connectivity index is 1.90. The van der Waals surface area contributed by atoms with Crippen LogP contribution in [0.3, 0.4) is 0 Å². The Kier molecular flexibility index (Phi) is 5.00. The minimum Gasteiger partial charge on any atom is -0.313 e. The highest BCUT2D eigenvalue weighted by molar-refractivity contribution is 5.15. The molecular weight excluding hydrogens is 232 g/mol. The summed E-state index contributed by atoms with van der Waals surface area (Å²) in [6.07, 6.45) is 3.66. The molecule has 2 rings (SSSR count). The maximum Gasteiger partial charge on any atom is 0.0156 e. The molecule has 0 bridgehead atoms. The molecule has 0 aromatic heterocycles. The number of aryl methyl sites for hydroxylation is 1. The third-order valence-electron chi connectivity index (χ3n) is 4.43. The first kappa shape index (κ1) is 14.5. The van der Waals surface area contributed by atoms with Gasteiger partial charge in [0.2, 0.25) is 0 Å². The smallest absolute Gasteiger partial charge is 0.0156 e. The van der Waals surface area contributed by atoms with Crippen LogP contribution in [-0.2, 0) is 6.42 Å². The van der Waals surface area contributed by atoms with Crippen LogP contribution in [0.1, 0.15) is 39.2 Å². The Labute approximate surface area is 118 Å². The molecule has 0 aliphatic carbocycles. The van der Waals surface area contributed by atoms with Gasteiger partial charge in [-0.05, 0) is 45.6 Å². The second-order valence-corrected chi connectivity index (χ2v) is 6.43. The van der Waals surface area contributed by atoms with Gasteiger partial charge in [-0.3, -0.25) is 4.90 Å². The molecule has 1 saturated heterocycles. The summed E-state index contributed by atoms with van der Waals surface area (Å²) in [6.45, 7) is 10.6. The summed E-state index contributed by atoms with van der Waals surface area (Å²) in [6, 6.07) is 11.5. The van der Waals surface area contributed by atoms with Gasteiger partial charge in [-0.2, -0.15) is 0 Å². The molecule has 106 valence electrons. The predicted molar refractivity (Wildman–Crippen MR) is 82.5 cm³/mol. The Bertz CT molecular complexity index is 372. The second-order valence-electron chi connectivity index (χ2n) is 6.43. The molecule has 0 radical (unpaired) electrons. The zero-order valence-corrected chi connectivity index (χ0v) is 12.7. The first-order valence-corrected chi connectivity index (χ1v) is 7.60. The quantitative estimate of drug-likeness (QED) is 0.895. The average Bonchev–Trinajstić information content (AvgIpc) is 2.63. The fraction of sp³-hybridized carbons (Fsp3) is 0.647. The Morgan fingerprint density at radius 1 is 1.21 bits per heavy atom. The van der Waals surface area contributed by atoms with Crippen molar-refractivity contribution in [3.63, 3.8) is 0 Å². The van der Waals surface area contributed by atoms with Crippen LogP contribution in [0, 0.1) is 0 Å². The fourth-order valence-corrected chi connectivity index (χ4v) is 2.87. The second kappa shape index (κ2) is 6.53. The molecule has 2 nitrogen and oxygen atoms in total. The summed E-state index contributed by atoms with van der Waals surface area (Å²) in [7, 11) is 0. The van der Waals surface area contributed by atoms with E-state index in [1.807, 2.05) is 0 Å². The lowest BCUT2D eigenvalue weighted by Crippen LogP contribution is -2.46. The van der Waals surface area contributed by atoms with Crippen molar-refractivity contribution in [1.29, 1.82) is 0 Å². The fourth-order valence-electron chi connectivity index (χ4n) is 2.87. The Morgan fingerprint density at radius 2 is 1.95 bits per heavy atom. The van der Waals surface area contributed by atoms with E-state index in [1.165, 1.54) is 37.9 Å². The molecule has 1 heterocycles. The van der Waals surface area contributed by atoms with Gasteiger partial charge in [0.25, 0.3) is 0 Å². The monoisotopic (exact) mass is 260 g/mol. The van der Waals surface area contributed by atoms with Crippen LogP contribution in [0.25, 0.3) is 0 Å². The van der Waals surface area contributed by atoms with Crippen molar-refractivity contribution in [2.24, 2.45) is 0 Å². The third kappa shape index (κ3) is 4.32. The molecule has 1 N–H and O–H groups in total. The van der Waals surface area contributed by atoms with Gasteiger partial charge in [-0.15, -0.1) is 0 Å². The number of nitrogens with zero attached hydrogens (tertiary/aromatic N) is 1. The van der Waals surface area contributed by atoms with Gasteiger partial charge in [0.1, 0.15) is 0 Å². The van der Waals surface area contributed by atoms with Crippen LogP contribution < -0.4 is 5.32 Å². The molecular formula is C17H28N2. The largest absolute Gasteiger partial charge is 0.313 e. The SMILES string of the molecule is CC1CCN(C(C)(C)CCc2ccccc2)CCN1. The van der Waals surface area contributed by atoms with Crippen LogP contribution >= 0.6 is 0 Å². The van der Waals surface area contributed by atoms with Gasteiger partial charge in [-0.1, -0.05) is 30.3 Å². The van der Waals surface area contributed by atoms with Gasteiger partial charge in [0, 0.05) is 31.2 Å². The predicted octanol–water partition coefficient (Wildman–Crippen LogP) is 3.08. The van der Waals surface area contributed by atoms with Crippen molar-refractivity contribution >= 4 is 0 Å². The Morgan fingerprint density at radius 3 is 2.68 bits per heavy atom. The third-order valence-corrected chi connectivity index (χ3v) is 4.43. The van der Waals surface area contributed by atoms with Gasteiger partial charge in [-0.25, -0.2) is 0 Å². The summed E-state index contributed by atoms with van der Waals surface area (Å²) in [5.41, 5.74) is 1.75. The summed E-state index contributed by atoms with van der Waals surface area (Å²) in [5, 5.41) is 3.58. The molecule has 0 spiro atoms. The lowest BCUT2D eigenvalue weighted by atomic mass is 9.93. The molecule has 1 fully saturated rings. The standard InChI is InChI=1S/C17H28N2/c1-15-10-13-19(14-12-18-15)17(2,3)11-9-16-7-5-4-6-8-16/h4-8,15,18H,9-14H2,1-3H3. The molecule has 1 atom stereocenters. The van der Waals surface area contributed by atoms with Crippen molar-refractivity contribution in [1.82, 2.24) is 10.2 Å². The van der Waals surface area contributed by atoms with E-state index in [4.69, 9.17) is 0 Å². The molecule has 1 aromatic carbocycles. The van der Waals surface area contributed by atoms with E-state index < -0.39 is 0 Å². The minimum absolute atomic E-state index is 0.293. The molecule has 1 aliphatic rings. The van der Waals surface area contributed by atoms with E-state index in [2.05, 4.69) is 61.3 Å². The molecule has 1 aromatic rings. The lowest BCUT2D eigenvalue weighted by Gasteiger charge is -2.38. The Hall–Kier alpha value is -0.860. The maximum atomic E-state index is 3.58. The molecule has 0 saturated carbocycles. The van der Waals surface area contributed by atoms with Gasteiger partial charge in [0.15, 0.2) is 0 Å². The lowest BCUT2D eigenvalue weighted by molar-refractivity contribution is 0.119. The number of hydrogen-bond donors (Lipinski definition) is 1. The number of benzene rings is 1. The summed E-state index contributed by atoms with van der Waals surface area (Å²) < 4.78 is 0. The van der Waals surface area contributed by atoms with Crippen LogP contribution in [0.15, 0.2) is 30.3 Å². The highest BCUT2D eigenvalue weighted by atomic mass is 15.2. The van der Waals surface area contributed by atoms with Gasteiger partial charge < -0.3 is 5.32 Å². The van der Waals surface area contributed by atoms with E-state index in [1.54, 1.807) is 0 Å². The van der Waals surface area contributed by atoms with Crippen LogP contribution in [0.5, 0.6) is 0 Å². The van der Waals surface area contributed by atoms with E-state index in [0.29, 0.717) is 11.6 Å². The highest BCUT2D eigenvalue weighted by Gasteiger charge is 2.27. The van der Waals surface area contributed by atoms with Gasteiger partial charge >= 0.3 is 0 Å². The minimum atomic E-state index is 0.293. The number of hydrogen-bond acceptors (Lipinski definition) is 2. The molecule has 2 heteroatoms. The van der Waals surface area contributed by atoms with Crippen molar-refractivity contribution in [2.45, 2.75) is 51.6 Å². The van der Waals surface area contributed by atoms with Crippen molar-refractivity contribution in [3.8, 4) is 0 Å². The molecule has 1 aliphatic heterocycles. The topological polar surface area (TPSA) is 15.3 Å². The number of nitrogens with one attached hydrogen (secondary N) is 1. The van der Waals surface area contributed by atoms with Crippen LogP contribution in [-0.4, -0.2) is 36.1 Å². The van der Waals surface area contributed by atoms with Gasteiger partial charge in [0.05, 0.1) is 0 Å². The van der Waals surface area contributed by atoms with Crippen LogP contribution in [0.4, 0.5) is 0 Å². The van der Waals surface area contributed by atoms with E-state index in [-0.39, 0.29) is 0 Å². The summed E-state index contributed by atoms with van der Waals surface area (Å²) >= 11 is 0. The molecule has 0 amide bonds. The average molecular weight is 260 g/mol. The zero-order chi connectivity index (χ0) is 13.7. The van der Waals surface area contributed by atoms with Crippen molar-refractivity contribution in [3.05, 3.63) is 35.9 Å². The first-order chi connectivity index (χ1) is 9.08. The van der Waals surface area contributed by atoms with Crippen molar-refractivity contribution < 1.29 is 0 Å². The zero-order valence-electron chi connectivity index (χ0n) is 12.7. The highest BCUT2D eigenvalue weighted by Crippen LogP contribution is 2.22. The number of rotatable bonds is 4. The molecule has 1 unspecified atom stereocenters. The van der Waals surface area contributed by atoms with E-state index in [9.17, 15) is 0 Å². The normalized spacial score (nSPS) is 22.2. The van der Waals surface area contributed by atoms with Crippen LogP contribution in [0.2, 0.25) is 0 Å². The van der Waals surface area contributed by atoms with E-state index in [0.717, 1.165) is 6.54 Å². The maximum absolute atomic E-state index is 3.58. The summed E-state index contributed by atoms with van der Waals surface area (Å²) in [4.78, 5) is 2.66. The van der Waals surface area contributed by atoms with E-state index >= 15 is 0 Å². The molecule has 19 heavy (non-hydrogen) atoms.